The van der Waals surface area contributed by atoms with Crippen molar-refractivity contribution in [3.8, 4) is 11.5 Å². The van der Waals surface area contributed by atoms with Crippen molar-refractivity contribution in [2.75, 3.05) is 31.3 Å². The van der Waals surface area contributed by atoms with Gasteiger partial charge in [0, 0.05) is 18.5 Å². The molecule has 1 fully saturated rings. The molecule has 2 heterocycles. The number of fused-ring (bicyclic) bond motifs is 1. The van der Waals surface area contributed by atoms with Crippen molar-refractivity contribution in [1.29, 1.82) is 0 Å². The smallest absolute Gasteiger partial charge is 0.165 e. The zero-order chi connectivity index (χ0) is 14.7. The summed E-state index contributed by atoms with van der Waals surface area (Å²) in [6.07, 6.45) is 1.66. The number of sulfone groups is 1. The molecule has 0 aromatic heterocycles. The highest BCUT2D eigenvalue weighted by atomic mass is 32.2. The third kappa shape index (κ3) is 3.68. The van der Waals surface area contributed by atoms with Crippen LogP contribution in [0.5, 0.6) is 11.5 Å². The number of rotatable bonds is 4. The maximum absolute atomic E-state index is 11.4. The molecule has 0 saturated carbocycles. The van der Waals surface area contributed by atoms with Gasteiger partial charge in [-0.2, -0.15) is 0 Å². The van der Waals surface area contributed by atoms with Crippen molar-refractivity contribution < 1.29 is 17.9 Å². The molecule has 116 valence electrons. The van der Waals surface area contributed by atoms with Crippen molar-refractivity contribution in [3.63, 3.8) is 0 Å². The fourth-order valence-electron chi connectivity index (χ4n) is 2.84. The zero-order valence-electron chi connectivity index (χ0n) is 12.0. The Bertz CT molecular complexity index is 600. The molecule has 1 aromatic carbocycles. The Balaban J connectivity index is 1.58. The van der Waals surface area contributed by atoms with Gasteiger partial charge in [-0.3, -0.25) is 0 Å². The lowest BCUT2D eigenvalue weighted by atomic mass is 10.1. The van der Waals surface area contributed by atoms with Crippen molar-refractivity contribution in [3.05, 3.63) is 23.8 Å². The first-order valence-electron chi connectivity index (χ1n) is 7.43. The van der Waals surface area contributed by atoms with Gasteiger partial charge < -0.3 is 14.8 Å². The Kier molecular flexibility index (Phi) is 4.35. The zero-order valence-corrected chi connectivity index (χ0v) is 12.8. The summed E-state index contributed by atoms with van der Waals surface area (Å²) in [5, 5.41) is 3.35. The predicted molar refractivity (Wildman–Crippen MR) is 80.5 cm³/mol. The monoisotopic (exact) mass is 311 g/mol. The first kappa shape index (κ1) is 14.7. The van der Waals surface area contributed by atoms with Crippen molar-refractivity contribution in [1.82, 2.24) is 5.32 Å². The second-order valence-corrected chi connectivity index (χ2v) is 7.92. The van der Waals surface area contributed by atoms with E-state index in [0.29, 0.717) is 31.3 Å². The lowest BCUT2D eigenvalue weighted by Crippen LogP contribution is -2.23. The number of hydrogen-bond acceptors (Lipinski definition) is 5. The molecule has 0 bridgehead atoms. The molecule has 2 aliphatic rings. The average Bonchev–Trinajstić information content (AvgIpc) is 2.66. The van der Waals surface area contributed by atoms with E-state index in [9.17, 15) is 8.42 Å². The van der Waals surface area contributed by atoms with Gasteiger partial charge in [0.05, 0.1) is 24.7 Å². The molecule has 0 unspecified atom stereocenters. The first-order valence-corrected chi connectivity index (χ1v) is 9.25. The molecule has 2 aliphatic heterocycles. The Morgan fingerprint density at radius 3 is 2.90 bits per heavy atom. The van der Waals surface area contributed by atoms with Crippen LogP contribution in [0.25, 0.3) is 0 Å². The van der Waals surface area contributed by atoms with Crippen LogP contribution in [0.15, 0.2) is 18.2 Å². The summed E-state index contributed by atoms with van der Waals surface area (Å²) in [5.74, 6) is 2.50. The van der Waals surface area contributed by atoms with Gasteiger partial charge in [0.15, 0.2) is 21.3 Å². The quantitative estimate of drug-likeness (QED) is 0.910. The predicted octanol–water partition coefficient (Wildman–Crippen LogP) is 1.37. The number of ether oxygens (including phenoxy) is 2. The highest BCUT2D eigenvalue weighted by Crippen LogP contribution is 2.33. The molecular formula is C15H21NO4S. The maximum atomic E-state index is 11.4. The minimum absolute atomic E-state index is 0.231. The maximum Gasteiger partial charge on any atom is 0.165 e. The molecule has 1 atom stereocenters. The molecule has 1 aromatic rings. The molecule has 1 N–H and O–H groups in total. The van der Waals surface area contributed by atoms with Crippen LogP contribution in [0.1, 0.15) is 18.4 Å². The van der Waals surface area contributed by atoms with Gasteiger partial charge in [0.1, 0.15) is 0 Å². The summed E-state index contributed by atoms with van der Waals surface area (Å²) < 4.78 is 34.3. The van der Waals surface area contributed by atoms with Crippen molar-refractivity contribution >= 4 is 9.84 Å². The van der Waals surface area contributed by atoms with E-state index in [4.69, 9.17) is 9.47 Å². The van der Waals surface area contributed by atoms with Crippen LogP contribution >= 0.6 is 0 Å². The van der Waals surface area contributed by atoms with E-state index in [-0.39, 0.29) is 5.92 Å². The normalized spacial score (nSPS) is 23.7. The van der Waals surface area contributed by atoms with Crippen molar-refractivity contribution in [2.45, 2.75) is 19.4 Å². The summed E-state index contributed by atoms with van der Waals surface area (Å²) in [5.41, 5.74) is 1.07. The molecule has 5 nitrogen and oxygen atoms in total. The molecular weight excluding hydrogens is 290 g/mol. The Morgan fingerprint density at radius 1 is 1.24 bits per heavy atom. The molecule has 0 radical (unpaired) electrons. The van der Waals surface area contributed by atoms with E-state index in [0.717, 1.165) is 36.4 Å². The van der Waals surface area contributed by atoms with Gasteiger partial charge in [-0.15, -0.1) is 0 Å². The molecule has 21 heavy (non-hydrogen) atoms. The van der Waals surface area contributed by atoms with E-state index in [1.54, 1.807) is 0 Å². The molecule has 0 aliphatic carbocycles. The van der Waals surface area contributed by atoms with E-state index >= 15 is 0 Å². The summed E-state index contributed by atoms with van der Waals surface area (Å²) >= 11 is 0. The third-order valence-corrected chi connectivity index (χ3v) is 5.77. The molecule has 3 rings (SSSR count). The van der Waals surface area contributed by atoms with E-state index in [1.165, 1.54) is 0 Å². The summed E-state index contributed by atoms with van der Waals surface area (Å²) in [6, 6.07) is 5.91. The average molecular weight is 311 g/mol. The lowest BCUT2D eigenvalue weighted by molar-refractivity contribution is 0.296. The topological polar surface area (TPSA) is 64.6 Å². The highest BCUT2D eigenvalue weighted by Gasteiger charge is 2.27. The molecule has 0 spiro atoms. The largest absolute Gasteiger partial charge is 0.490 e. The fraction of sp³-hybridized carbons (Fsp3) is 0.600. The second kappa shape index (κ2) is 6.23. The standard InChI is InChI=1S/C15H21NO4S/c17-21(18)8-5-12(11-21)9-16-10-13-3-1-4-14-15(13)20-7-2-6-19-14/h1,3-4,12,16H,2,5-11H2/t12-/m1/s1. The van der Waals surface area contributed by atoms with Crippen LogP contribution < -0.4 is 14.8 Å². The Labute approximate surface area is 125 Å². The summed E-state index contributed by atoms with van der Waals surface area (Å²) in [7, 11) is -2.79. The Hall–Kier alpha value is -1.27. The minimum Gasteiger partial charge on any atom is -0.490 e. The van der Waals surface area contributed by atoms with Crippen LogP contribution in [-0.2, 0) is 16.4 Å². The van der Waals surface area contributed by atoms with Gasteiger partial charge in [-0.1, -0.05) is 12.1 Å². The lowest BCUT2D eigenvalue weighted by Gasteiger charge is -2.14. The van der Waals surface area contributed by atoms with E-state index < -0.39 is 9.84 Å². The second-order valence-electron chi connectivity index (χ2n) is 5.69. The molecule has 6 heteroatoms. The van der Waals surface area contributed by atoms with Crippen LogP contribution in [0.4, 0.5) is 0 Å². The first-order chi connectivity index (χ1) is 10.1. The summed E-state index contributed by atoms with van der Waals surface area (Å²) in [6.45, 7) is 2.75. The van der Waals surface area contributed by atoms with E-state index in [1.807, 2.05) is 18.2 Å². The SMILES string of the molecule is O=S1(=O)CC[C@H](CNCc2cccc3c2OCCCO3)C1. The van der Waals surface area contributed by atoms with Gasteiger partial charge in [0.25, 0.3) is 0 Å². The number of hydrogen-bond donors (Lipinski definition) is 1. The van der Waals surface area contributed by atoms with Gasteiger partial charge in [-0.05, 0) is 24.9 Å². The highest BCUT2D eigenvalue weighted by molar-refractivity contribution is 7.91. The van der Waals surface area contributed by atoms with Gasteiger partial charge in [0.2, 0.25) is 0 Å². The van der Waals surface area contributed by atoms with E-state index in [2.05, 4.69) is 5.32 Å². The molecule has 1 saturated heterocycles. The number of para-hydroxylation sites is 1. The van der Waals surface area contributed by atoms with Crippen LogP contribution in [-0.4, -0.2) is 39.7 Å². The molecule has 0 amide bonds. The number of nitrogens with one attached hydrogen (secondary N) is 1. The minimum atomic E-state index is -2.79. The van der Waals surface area contributed by atoms with Crippen LogP contribution in [0.2, 0.25) is 0 Å². The summed E-state index contributed by atoms with van der Waals surface area (Å²) in [4.78, 5) is 0. The van der Waals surface area contributed by atoms with Gasteiger partial charge in [-0.25, -0.2) is 8.42 Å². The van der Waals surface area contributed by atoms with Crippen LogP contribution in [0.3, 0.4) is 0 Å². The number of benzene rings is 1. The fourth-order valence-corrected chi connectivity index (χ4v) is 4.70. The third-order valence-electron chi connectivity index (χ3n) is 3.93. The van der Waals surface area contributed by atoms with Gasteiger partial charge >= 0.3 is 0 Å². The Morgan fingerprint density at radius 2 is 2.10 bits per heavy atom. The van der Waals surface area contributed by atoms with Crippen molar-refractivity contribution in [2.24, 2.45) is 5.92 Å². The van der Waals surface area contributed by atoms with Crippen LogP contribution in [0, 0.1) is 5.92 Å².